The van der Waals surface area contributed by atoms with Crippen molar-refractivity contribution >= 4 is 5.91 Å². The Kier molecular flexibility index (Phi) is 3.86. The average Bonchev–Trinajstić information content (AvgIpc) is 3.47. The predicted molar refractivity (Wildman–Crippen MR) is 78.0 cm³/mol. The molecule has 0 aromatic carbocycles. The number of carbonyl (C=O) groups excluding carboxylic acids is 1. The Morgan fingerprint density at radius 2 is 1.95 bits per heavy atom. The fourth-order valence-electron chi connectivity index (χ4n) is 2.99. The second-order valence-electron chi connectivity index (χ2n) is 6.86. The Balaban J connectivity index is 1.19. The number of amides is 1. The lowest BCUT2D eigenvalue weighted by molar-refractivity contribution is -0.134. The number of carbonyl (C=O) groups is 1. The number of ether oxygens (including phenoxy) is 1. The van der Waals surface area contributed by atoms with Crippen LogP contribution in [0.3, 0.4) is 0 Å². The van der Waals surface area contributed by atoms with E-state index in [1.165, 1.54) is 25.7 Å². The third-order valence-electron chi connectivity index (χ3n) is 4.82. The SMILES string of the molecule is O=C(CC1CC1)N1CCC(OCc2nc(C3CC3)no2)CC1. The summed E-state index contributed by atoms with van der Waals surface area (Å²) in [4.78, 5) is 18.4. The molecule has 1 saturated heterocycles. The molecule has 0 unspecified atom stereocenters. The zero-order valence-corrected chi connectivity index (χ0v) is 12.9. The summed E-state index contributed by atoms with van der Waals surface area (Å²) in [7, 11) is 0. The highest BCUT2D eigenvalue weighted by atomic mass is 16.5. The zero-order valence-electron chi connectivity index (χ0n) is 12.9. The molecule has 0 spiro atoms. The minimum atomic E-state index is 0.196. The van der Waals surface area contributed by atoms with Crippen LogP contribution in [-0.4, -0.2) is 40.1 Å². The van der Waals surface area contributed by atoms with Gasteiger partial charge in [-0.25, -0.2) is 0 Å². The topological polar surface area (TPSA) is 68.5 Å². The minimum Gasteiger partial charge on any atom is -0.368 e. The van der Waals surface area contributed by atoms with Crippen LogP contribution >= 0.6 is 0 Å². The van der Waals surface area contributed by atoms with E-state index in [9.17, 15) is 4.79 Å². The normalized spacial score (nSPS) is 23.0. The third kappa shape index (κ3) is 3.48. The highest BCUT2D eigenvalue weighted by molar-refractivity contribution is 5.76. The van der Waals surface area contributed by atoms with Crippen molar-refractivity contribution in [3.8, 4) is 0 Å². The maximum atomic E-state index is 12.1. The van der Waals surface area contributed by atoms with Crippen LogP contribution in [0.5, 0.6) is 0 Å². The molecule has 2 saturated carbocycles. The molecule has 0 bridgehead atoms. The summed E-state index contributed by atoms with van der Waals surface area (Å²) in [5.41, 5.74) is 0. The van der Waals surface area contributed by atoms with Crippen LogP contribution in [0.4, 0.5) is 0 Å². The Bertz CT molecular complexity index is 528. The predicted octanol–water partition coefficient (Wildman–Crippen LogP) is 2.25. The molecule has 2 heterocycles. The number of piperidine rings is 1. The van der Waals surface area contributed by atoms with Gasteiger partial charge in [-0.05, 0) is 44.4 Å². The van der Waals surface area contributed by atoms with Gasteiger partial charge in [-0.15, -0.1) is 0 Å². The van der Waals surface area contributed by atoms with Crippen molar-refractivity contribution in [2.75, 3.05) is 13.1 Å². The minimum absolute atomic E-state index is 0.196. The first-order valence-corrected chi connectivity index (χ1v) is 8.50. The van der Waals surface area contributed by atoms with Crippen molar-refractivity contribution in [1.82, 2.24) is 15.0 Å². The first kappa shape index (κ1) is 14.2. The molecule has 0 atom stereocenters. The maximum Gasteiger partial charge on any atom is 0.252 e. The quantitative estimate of drug-likeness (QED) is 0.806. The number of rotatable bonds is 6. The Labute approximate surface area is 130 Å². The molecule has 0 radical (unpaired) electrons. The molecule has 3 fully saturated rings. The van der Waals surface area contributed by atoms with Gasteiger partial charge in [-0.1, -0.05) is 5.16 Å². The van der Waals surface area contributed by atoms with E-state index in [1.807, 2.05) is 4.90 Å². The summed E-state index contributed by atoms with van der Waals surface area (Å²) in [5, 5.41) is 3.99. The molecule has 4 rings (SSSR count). The number of nitrogens with zero attached hydrogens (tertiary/aromatic N) is 3. The van der Waals surface area contributed by atoms with Gasteiger partial charge in [-0.2, -0.15) is 4.98 Å². The van der Waals surface area contributed by atoms with Crippen molar-refractivity contribution in [3.63, 3.8) is 0 Å². The van der Waals surface area contributed by atoms with Crippen molar-refractivity contribution < 1.29 is 14.1 Å². The Morgan fingerprint density at radius 1 is 1.18 bits per heavy atom. The molecule has 22 heavy (non-hydrogen) atoms. The summed E-state index contributed by atoms with van der Waals surface area (Å²) < 4.78 is 11.1. The average molecular weight is 305 g/mol. The van der Waals surface area contributed by atoms with Gasteiger partial charge in [0.05, 0.1) is 6.10 Å². The smallest absolute Gasteiger partial charge is 0.252 e. The lowest BCUT2D eigenvalue weighted by Crippen LogP contribution is -2.40. The van der Waals surface area contributed by atoms with Crippen LogP contribution in [0.25, 0.3) is 0 Å². The maximum absolute atomic E-state index is 12.1. The van der Waals surface area contributed by atoms with Gasteiger partial charge in [-0.3, -0.25) is 4.79 Å². The molecule has 1 aromatic heterocycles. The molecule has 0 N–H and O–H groups in total. The van der Waals surface area contributed by atoms with E-state index in [0.29, 0.717) is 30.2 Å². The zero-order chi connectivity index (χ0) is 14.9. The first-order chi connectivity index (χ1) is 10.8. The van der Waals surface area contributed by atoms with E-state index >= 15 is 0 Å². The number of likely N-dealkylation sites (tertiary alicyclic amines) is 1. The van der Waals surface area contributed by atoms with Crippen molar-refractivity contribution in [1.29, 1.82) is 0 Å². The lowest BCUT2D eigenvalue weighted by atomic mass is 10.1. The molecule has 1 aromatic rings. The Hall–Kier alpha value is -1.43. The van der Waals surface area contributed by atoms with E-state index in [0.717, 1.165) is 38.2 Å². The summed E-state index contributed by atoms with van der Waals surface area (Å²) in [6.45, 7) is 2.02. The van der Waals surface area contributed by atoms with Crippen molar-refractivity contribution in [2.45, 2.75) is 63.6 Å². The van der Waals surface area contributed by atoms with Gasteiger partial charge in [0.1, 0.15) is 6.61 Å². The van der Waals surface area contributed by atoms with E-state index in [4.69, 9.17) is 9.26 Å². The third-order valence-corrected chi connectivity index (χ3v) is 4.82. The fourth-order valence-corrected chi connectivity index (χ4v) is 2.99. The largest absolute Gasteiger partial charge is 0.368 e. The van der Waals surface area contributed by atoms with Gasteiger partial charge in [0.2, 0.25) is 5.91 Å². The van der Waals surface area contributed by atoms with Gasteiger partial charge < -0.3 is 14.2 Å². The Morgan fingerprint density at radius 3 is 2.64 bits per heavy atom. The van der Waals surface area contributed by atoms with Crippen LogP contribution in [0.1, 0.15) is 62.6 Å². The second kappa shape index (κ2) is 5.99. The highest BCUT2D eigenvalue weighted by Crippen LogP contribution is 2.38. The first-order valence-electron chi connectivity index (χ1n) is 8.50. The number of aromatic nitrogens is 2. The van der Waals surface area contributed by atoms with Crippen LogP contribution < -0.4 is 0 Å². The molecule has 120 valence electrons. The number of hydrogen-bond acceptors (Lipinski definition) is 5. The fraction of sp³-hybridized carbons (Fsp3) is 0.812. The van der Waals surface area contributed by atoms with Gasteiger partial charge in [0.15, 0.2) is 5.82 Å². The summed E-state index contributed by atoms with van der Waals surface area (Å²) >= 11 is 0. The standard InChI is InChI=1S/C16H23N3O3/c20-15(9-11-1-2-11)19-7-5-13(6-8-19)21-10-14-17-16(18-22-14)12-3-4-12/h11-13H,1-10H2. The summed E-state index contributed by atoms with van der Waals surface area (Å²) in [6, 6.07) is 0. The van der Waals surface area contributed by atoms with E-state index < -0.39 is 0 Å². The summed E-state index contributed by atoms with van der Waals surface area (Å²) in [5.74, 6) is 2.91. The molecule has 6 nitrogen and oxygen atoms in total. The second-order valence-corrected chi connectivity index (χ2v) is 6.86. The molecule has 2 aliphatic carbocycles. The molecule has 3 aliphatic rings. The molecule has 6 heteroatoms. The molecule has 1 aliphatic heterocycles. The lowest BCUT2D eigenvalue weighted by Gasteiger charge is -2.31. The van der Waals surface area contributed by atoms with Crippen LogP contribution in [-0.2, 0) is 16.1 Å². The van der Waals surface area contributed by atoms with Crippen molar-refractivity contribution in [3.05, 3.63) is 11.7 Å². The van der Waals surface area contributed by atoms with Gasteiger partial charge in [0, 0.05) is 25.4 Å². The van der Waals surface area contributed by atoms with Crippen molar-refractivity contribution in [2.24, 2.45) is 5.92 Å². The van der Waals surface area contributed by atoms with E-state index in [1.54, 1.807) is 0 Å². The highest BCUT2D eigenvalue weighted by Gasteiger charge is 2.30. The van der Waals surface area contributed by atoms with Crippen LogP contribution in [0.2, 0.25) is 0 Å². The van der Waals surface area contributed by atoms with E-state index in [2.05, 4.69) is 10.1 Å². The van der Waals surface area contributed by atoms with Gasteiger partial charge in [0.25, 0.3) is 5.89 Å². The van der Waals surface area contributed by atoms with Crippen LogP contribution in [0.15, 0.2) is 4.52 Å². The van der Waals surface area contributed by atoms with E-state index in [-0.39, 0.29) is 6.10 Å². The number of hydrogen-bond donors (Lipinski definition) is 0. The summed E-state index contributed by atoms with van der Waals surface area (Å²) in [6.07, 6.45) is 7.57. The molecule has 1 amide bonds. The molecular formula is C16H23N3O3. The van der Waals surface area contributed by atoms with Gasteiger partial charge >= 0.3 is 0 Å². The monoisotopic (exact) mass is 305 g/mol. The molecular weight excluding hydrogens is 282 g/mol. The van der Waals surface area contributed by atoms with Crippen LogP contribution in [0, 0.1) is 5.92 Å².